The number of benzene rings is 1. The third-order valence-corrected chi connectivity index (χ3v) is 8.63. The van der Waals surface area contributed by atoms with Crippen LogP contribution in [0.25, 0.3) is 10.9 Å². The van der Waals surface area contributed by atoms with Crippen molar-refractivity contribution in [3.63, 3.8) is 0 Å². The van der Waals surface area contributed by atoms with Crippen LogP contribution >= 0.6 is 35.0 Å². The van der Waals surface area contributed by atoms with Crippen LogP contribution in [0, 0.1) is 0 Å². The Morgan fingerprint density at radius 2 is 1.94 bits per heavy atom. The van der Waals surface area contributed by atoms with Gasteiger partial charge in [0.15, 0.2) is 5.15 Å². The molecule has 3 aliphatic rings. The molecule has 0 bridgehead atoms. The monoisotopic (exact) mass is 492 g/mol. The molecule has 0 amide bonds. The SMILES string of the molecule is FC1CN(C2CSC2)CCC1c1cc2nc(Nc3cnn(C4CC4)c3Cl)ncc2cc1Cl. The highest BCUT2D eigenvalue weighted by atomic mass is 35.5. The van der Waals surface area contributed by atoms with Crippen LogP contribution in [0.1, 0.15) is 36.8 Å². The summed E-state index contributed by atoms with van der Waals surface area (Å²) >= 11 is 15.0. The Kier molecular flexibility index (Phi) is 5.44. The first-order valence-corrected chi connectivity index (χ1v) is 12.9. The fourth-order valence-electron chi connectivity index (χ4n) is 4.58. The molecule has 3 fully saturated rings. The molecule has 6 rings (SSSR count). The average Bonchev–Trinajstić information content (AvgIpc) is 3.51. The predicted molar refractivity (Wildman–Crippen MR) is 128 cm³/mol. The van der Waals surface area contributed by atoms with E-state index in [2.05, 4.69) is 25.3 Å². The van der Waals surface area contributed by atoms with Crippen molar-refractivity contribution in [2.24, 2.45) is 0 Å². The van der Waals surface area contributed by atoms with E-state index in [9.17, 15) is 0 Å². The van der Waals surface area contributed by atoms with Gasteiger partial charge in [0.2, 0.25) is 5.95 Å². The van der Waals surface area contributed by atoms with E-state index in [1.807, 2.05) is 28.6 Å². The lowest BCUT2D eigenvalue weighted by Gasteiger charge is -2.43. The average molecular weight is 493 g/mol. The molecular weight excluding hydrogens is 470 g/mol. The van der Waals surface area contributed by atoms with Gasteiger partial charge >= 0.3 is 0 Å². The normalized spacial score (nSPS) is 24.6. The standard InChI is InChI=1S/C22H23Cl2FN6S/c23-17-5-12-7-26-22(29-20-8-27-31(21(20)24)13-1-2-13)28-19(12)6-16(17)15-3-4-30(9-18(15)25)14-10-32-11-14/h5-8,13-15,18H,1-4,9-11H2,(H,26,28,29). The molecule has 3 aromatic rings. The number of rotatable bonds is 5. The van der Waals surface area contributed by atoms with Gasteiger partial charge in [-0.1, -0.05) is 23.2 Å². The smallest absolute Gasteiger partial charge is 0.227 e. The zero-order valence-corrected chi connectivity index (χ0v) is 19.7. The number of alkyl halides is 1. The molecule has 1 saturated carbocycles. The minimum atomic E-state index is -0.934. The summed E-state index contributed by atoms with van der Waals surface area (Å²) in [4.78, 5) is 11.3. The van der Waals surface area contributed by atoms with Gasteiger partial charge in [-0.3, -0.25) is 4.90 Å². The van der Waals surface area contributed by atoms with Crippen molar-refractivity contribution in [2.75, 3.05) is 29.9 Å². The van der Waals surface area contributed by atoms with Gasteiger partial charge in [0, 0.05) is 46.6 Å². The zero-order chi connectivity index (χ0) is 21.8. The van der Waals surface area contributed by atoms with E-state index in [-0.39, 0.29) is 5.92 Å². The molecule has 32 heavy (non-hydrogen) atoms. The van der Waals surface area contributed by atoms with E-state index >= 15 is 4.39 Å². The van der Waals surface area contributed by atoms with Crippen LogP contribution in [-0.2, 0) is 0 Å². The van der Waals surface area contributed by atoms with Crippen molar-refractivity contribution in [3.8, 4) is 0 Å². The number of thioether (sulfide) groups is 1. The first kappa shape index (κ1) is 21.0. The number of fused-ring (bicyclic) bond motifs is 1. The number of halogens is 3. The molecule has 168 valence electrons. The summed E-state index contributed by atoms with van der Waals surface area (Å²) < 4.78 is 17.0. The number of likely N-dealkylation sites (tertiary alicyclic amines) is 1. The van der Waals surface area contributed by atoms with Crippen molar-refractivity contribution in [1.82, 2.24) is 24.6 Å². The Morgan fingerprint density at radius 1 is 1.09 bits per heavy atom. The first-order valence-electron chi connectivity index (χ1n) is 11.0. The zero-order valence-electron chi connectivity index (χ0n) is 17.3. The third kappa shape index (κ3) is 3.85. The van der Waals surface area contributed by atoms with Gasteiger partial charge in [-0.25, -0.2) is 19.0 Å². The largest absolute Gasteiger partial charge is 0.320 e. The Balaban J connectivity index is 1.25. The molecule has 1 N–H and O–H groups in total. The minimum Gasteiger partial charge on any atom is -0.320 e. The van der Waals surface area contributed by atoms with Crippen molar-refractivity contribution < 1.29 is 4.39 Å². The van der Waals surface area contributed by atoms with Crippen LogP contribution < -0.4 is 5.32 Å². The van der Waals surface area contributed by atoms with E-state index in [0.29, 0.717) is 40.4 Å². The molecule has 4 heterocycles. The van der Waals surface area contributed by atoms with Crippen molar-refractivity contribution in [2.45, 2.75) is 43.4 Å². The topological polar surface area (TPSA) is 58.9 Å². The maximum absolute atomic E-state index is 15.2. The lowest BCUT2D eigenvalue weighted by molar-refractivity contribution is 0.0936. The van der Waals surface area contributed by atoms with Gasteiger partial charge in [-0.05, 0) is 43.5 Å². The summed E-state index contributed by atoms with van der Waals surface area (Å²) in [6.45, 7) is 1.38. The number of piperidine rings is 1. The number of hydrogen-bond donors (Lipinski definition) is 1. The van der Waals surface area contributed by atoms with Crippen LogP contribution in [0.4, 0.5) is 16.0 Å². The van der Waals surface area contributed by atoms with Gasteiger partial charge in [0.1, 0.15) is 6.17 Å². The van der Waals surface area contributed by atoms with E-state index in [4.69, 9.17) is 23.2 Å². The molecule has 2 aromatic heterocycles. The second kappa shape index (κ2) is 8.31. The molecule has 0 radical (unpaired) electrons. The highest BCUT2D eigenvalue weighted by molar-refractivity contribution is 8.00. The number of anilines is 2. The number of aromatic nitrogens is 4. The van der Waals surface area contributed by atoms with Crippen LogP contribution in [0.5, 0.6) is 0 Å². The van der Waals surface area contributed by atoms with Gasteiger partial charge in [-0.2, -0.15) is 16.9 Å². The Bertz CT molecular complexity index is 1160. The van der Waals surface area contributed by atoms with Gasteiger partial charge in [-0.15, -0.1) is 0 Å². The lowest BCUT2D eigenvalue weighted by Crippen LogP contribution is -2.51. The molecule has 2 saturated heterocycles. The van der Waals surface area contributed by atoms with Crippen LogP contribution in [0.2, 0.25) is 10.2 Å². The molecule has 0 spiro atoms. The van der Waals surface area contributed by atoms with Gasteiger partial charge in [0.05, 0.1) is 23.4 Å². The van der Waals surface area contributed by atoms with E-state index in [0.717, 1.165) is 53.8 Å². The molecular formula is C22H23Cl2FN6S. The molecule has 1 aromatic carbocycles. The van der Waals surface area contributed by atoms with E-state index in [1.165, 1.54) is 0 Å². The van der Waals surface area contributed by atoms with E-state index < -0.39 is 6.17 Å². The molecule has 1 aliphatic carbocycles. The maximum atomic E-state index is 15.2. The molecule has 10 heteroatoms. The third-order valence-electron chi connectivity index (χ3n) is 6.68. The molecule has 6 nitrogen and oxygen atoms in total. The number of hydrogen-bond acceptors (Lipinski definition) is 6. The summed E-state index contributed by atoms with van der Waals surface area (Å²) in [5.41, 5.74) is 2.24. The fraction of sp³-hybridized carbons (Fsp3) is 0.500. The quantitative estimate of drug-likeness (QED) is 0.510. The van der Waals surface area contributed by atoms with E-state index in [1.54, 1.807) is 12.4 Å². The van der Waals surface area contributed by atoms with Crippen molar-refractivity contribution in [3.05, 3.63) is 40.3 Å². The summed E-state index contributed by atoms with van der Waals surface area (Å²) in [5.74, 6) is 2.44. The van der Waals surface area contributed by atoms with Gasteiger partial charge < -0.3 is 5.32 Å². The second-order valence-corrected chi connectivity index (χ2v) is 10.7. The van der Waals surface area contributed by atoms with Crippen molar-refractivity contribution in [1.29, 1.82) is 0 Å². The first-order chi connectivity index (χ1) is 15.6. The van der Waals surface area contributed by atoms with Crippen LogP contribution in [0.15, 0.2) is 24.5 Å². The molecule has 2 unspecified atom stereocenters. The highest BCUT2D eigenvalue weighted by Gasteiger charge is 2.36. The molecule has 2 atom stereocenters. The summed E-state index contributed by atoms with van der Waals surface area (Å²) in [7, 11) is 0. The maximum Gasteiger partial charge on any atom is 0.227 e. The summed E-state index contributed by atoms with van der Waals surface area (Å²) in [6, 6.07) is 4.69. The minimum absolute atomic E-state index is 0.214. The van der Waals surface area contributed by atoms with Gasteiger partial charge in [0.25, 0.3) is 0 Å². The Labute approximate surface area is 199 Å². The Morgan fingerprint density at radius 3 is 2.66 bits per heavy atom. The second-order valence-electron chi connectivity index (χ2n) is 8.87. The number of nitrogens with zero attached hydrogens (tertiary/aromatic N) is 5. The fourth-order valence-corrected chi connectivity index (χ4v) is 6.04. The van der Waals surface area contributed by atoms with Crippen molar-refractivity contribution >= 4 is 57.5 Å². The summed E-state index contributed by atoms with van der Waals surface area (Å²) in [6.07, 6.45) is 5.46. The lowest BCUT2D eigenvalue weighted by atomic mass is 9.87. The Hall–Kier alpha value is -1.61. The number of nitrogens with one attached hydrogen (secondary N) is 1. The predicted octanol–water partition coefficient (Wildman–Crippen LogP) is 5.45. The van der Waals surface area contributed by atoms with Crippen LogP contribution in [0.3, 0.4) is 0 Å². The highest BCUT2D eigenvalue weighted by Crippen LogP contribution is 2.40. The summed E-state index contributed by atoms with van der Waals surface area (Å²) in [5, 5.41) is 9.49. The van der Waals surface area contributed by atoms with Crippen LogP contribution in [-0.4, -0.2) is 61.5 Å². The molecule has 2 aliphatic heterocycles.